The van der Waals surface area contributed by atoms with E-state index in [9.17, 15) is 4.79 Å². The van der Waals surface area contributed by atoms with E-state index in [1.165, 1.54) is 0 Å². The van der Waals surface area contributed by atoms with E-state index in [1.807, 2.05) is 62.1 Å². The largest absolute Gasteiger partial charge is 0.380 e. The summed E-state index contributed by atoms with van der Waals surface area (Å²) in [6, 6.07) is 13.8. The van der Waals surface area contributed by atoms with E-state index in [-0.39, 0.29) is 5.91 Å². The van der Waals surface area contributed by atoms with Crippen molar-refractivity contribution < 1.29 is 9.53 Å². The molecule has 0 saturated carbocycles. The zero-order valence-corrected chi connectivity index (χ0v) is 13.7. The van der Waals surface area contributed by atoms with E-state index in [0.29, 0.717) is 18.7 Å². The zero-order chi connectivity index (χ0) is 16.1. The van der Waals surface area contributed by atoms with Crippen LogP contribution in [-0.2, 0) is 11.3 Å². The molecule has 1 amide bonds. The van der Waals surface area contributed by atoms with Gasteiger partial charge in [-0.15, -0.1) is 0 Å². The number of aryl methyl sites for hydroxylation is 2. The first kappa shape index (κ1) is 16.2. The topological polar surface area (TPSA) is 29.5 Å². The first-order valence-corrected chi connectivity index (χ1v) is 7.53. The van der Waals surface area contributed by atoms with Gasteiger partial charge in [-0.25, -0.2) is 0 Å². The highest BCUT2D eigenvalue weighted by Gasteiger charge is 2.16. The highest BCUT2D eigenvalue weighted by molar-refractivity contribution is 6.06. The number of methoxy groups -OCH3 is 1. The highest BCUT2D eigenvalue weighted by Crippen LogP contribution is 2.21. The van der Waals surface area contributed by atoms with Gasteiger partial charge in [-0.3, -0.25) is 4.79 Å². The second-order valence-electron chi connectivity index (χ2n) is 5.53. The molecular formula is C19H23NO2. The monoisotopic (exact) mass is 297 g/mol. The number of amides is 1. The molecule has 2 rings (SSSR count). The lowest BCUT2D eigenvalue weighted by Crippen LogP contribution is -2.30. The van der Waals surface area contributed by atoms with Crippen LogP contribution in [0, 0.1) is 13.8 Å². The van der Waals surface area contributed by atoms with Crippen molar-refractivity contribution in [2.75, 3.05) is 18.6 Å². The predicted octanol–water partition coefficient (Wildman–Crippen LogP) is 4.12. The number of hydrogen-bond donors (Lipinski definition) is 0. The summed E-state index contributed by atoms with van der Waals surface area (Å²) >= 11 is 0. The Balaban J connectivity index is 2.28. The molecule has 0 saturated heterocycles. The van der Waals surface area contributed by atoms with Crippen molar-refractivity contribution in [3.63, 3.8) is 0 Å². The number of rotatable bonds is 5. The van der Waals surface area contributed by atoms with Gasteiger partial charge in [-0.2, -0.15) is 0 Å². The summed E-state index contributed by atoms with van der Waals surface area (Å²) in [4.78, 5) is 14.6. The maximum atomic E-state index is 12.8. The Hall–Kier alpha value is -2.13. The minimum atomic E-state index is 0.0245. The molecule has 0 heterocycles. The summed E-state index contributed by atoms with van der Waals surface area (Å²) < 4.78 is 5.10. The predicted molar refractivity (Wildman–Crippen MR) is 90.4 cm³/mol. The molecule has 0 atom stereocenters. The van der Waals surface area contributed by atoms with Gasteiger partial charge in [0.05, 0.1) is 6.61 Å². The van der Waals surface area contributed by atoms with Gasteiger partial charge >= 0.3 is 0 Å². The molecule has 3 heteroatoms. The quantitative estimate of drug-likeness (QED) is 0.831. The van der Waals surface area contributed by atoms with Crippen molar-refractivity contribution in [3.8, 4) is 0 Å². The van der Waals surface area contributed by atoms with Gasteiger partial charge in [-0.05, 0) is 61.7 Å². The van der Waals surface area contributed by atoms with Crippen LogP contribution >= 0.6 is 0 Å². The molecule has 0 aliphatic carbocycles. The Morgan fingerprint density at radius 1 is 1.05 bits per heavy atom. The molecule has 0 aliphatic rings. The van der Waals surface area contributed by atoms with Crippen LogP contribution in [0.2, 0.25) is 0 Å². The molecule has 116 valence electrons. The molecule has 0 unspecified atom stereocenters. The molecule has 0 aromatic heterocycles. The summed E-state index contributed by atoms with van der Waals surface area (Å²) in [7, 11) is 1.66. The van der Waals surface area contributed by atoms with Crippen molar-refractivity contribution in [1.29, 1.82) is 0 Å². The molecule has 0 radical (unpaired) electrons. The van der Waals surface area contributed by atoms with Gasteiger partial charge in [-0.1, -0.05) is 18.2 Å². The second kappa shape index (κ2) is 7.23. The number of carbonyl (C=O) groups is 1. The lowest BCUT2D eigenvalue weighted by molar-refractivity contribution is 0.0988. The molecule has 2 aromatic rings. The van der Waals surface area contributed by atoms with E-state index in [1.54, 1.807) is 7.11 Å². The van der Waals surface area contributed by atoms with Gasteiger partial charge in [0.25, 0.3) is 5.91 Å². The van der Waals surface area contributed by atoms with E-state index in [4.69, 9.17) is 4.74 Å². The van der Waals surface area contributed by atoms with Crippen LogP contribution in [0.5, 0.6) is 0 Å². The maximum absolute atomic E-state index is 12.8. The summed E-state index contributed by atoms with van der Waals surface area (Å²) in [6.07, 6.45) is 0. The Labute approximate surface area is 132 Å². The van der Waals surface area contributed by atoms with Crippen LogP contribution < -0.4 is 4.90 Å². The van der Waals surface area contributed by atoms with Gasteiger partial charge in [0.15, 0.2) is 0 Å². The van der Waals surface area contributed by atoms with E-state index >= 15 is 0 Å². The van der Waals surface area contributed by atoms with Crippen molar-refractivity contribution in [2.24, 2.45) is 0 Å². The van der Waals surface area contributed by atoms with Gasteiger partial charge in [0.2, 0.25) is 0 Å². The van der Waals surface area contributed by atoms with Crippen molar-refractivity contribution in [1.82, 2.24) is 0 Å². The average Bonchev–Trinajstić information content (AvgIpc) is 2.48. The smallest absolute Gasteiger partial charge is 0.258 e. The molecule has 0 N–H and O–H groups in total. The molecule has 2 aromatic carbocycles. The van der Waals surface area contributed by atoms with Crippen molar-refractivity contribution in [3.05, 3.63) is 64.7 Å². The summed E-state index contributed by atoms with van der Waals surface area (Å²) in [5, 5.41) is 0. The Bertz CT molecular complexity index is 627. The Morgan fingerprint density at radius 3 is 2.14 bits per heavy atom. The van der Waals surface area contributed by atoms with Gasteiger partial charge in [0.1, 0.15) is 0 Å². The molecule has 3 nitrogen and oxygen atoms in total. The third kappa shape index (κ3) is 3.74. The molecule has 22 heavy (non-hydrogen) atoms. The van der Waals surface area contributed by atoms with Crippen molar-refractivity contribution >= 4 is 11.6 Å². The molecular weight excluding hydrogens is 274 g/mol. The molecule has 0 spiro atoms. The van der Waals surface area contributed by atoms with E-state index in [0.717, 1.165) is 22.4 Å². The number of ether oxygens (including phenoxy) is 1. The standard InChI is InChI=1S/C19H23NO2/c1-5-20(18-11-14(2)10-15(3)12-18)19(21)17-8-6-16(7-9-17)13-22-4/h6-12H,5,13H2,1-4H3. The van der Waals surface area contributed by atoms with E-state index < -0.39 is 0 Å². The average molecular weight is 297 g/mol. The van der Waals surface area contributed by atoms with Crippen LogP contribution in [0.1, 0.15) is 34.0 Å². The van der Waals surface area contributed by atoms with Crippen LogP contribution in [-0.4, -0.2) is 19.6 Å². The second-order valence-corrected chi connectivity index (χ2v) is 5.53. The van der Waals surface area contributed by atoms with Crippen LogP contribution in [0.25, 0.3) is 0 Å². The molecule has 0 bridgehead atoms. The number of hydrogen-bond acceptors (Lipinski definition) is 2. The fraction of sp³-hybridized carbons (Fsp3) is 0.316. The zero-order valence-electron chi connectivity index (χ0n) is 13.7. The third-order valence-corrected chi connectivity index (χ3v) is 3.59. The third-order valence-electron chi connectivity index (χ3n) is 3.59. The highest BCUT2D eigenvalue weighted by atomic mass is 16.5. The van der Waals surface area contributed by atoms with E-state index in [2.05, 4.69) is 6.07 Å². The summed E-state index contributed by atoms with van der Waals surface area (Å²) in [6.45, 7) is 7.29. The summed E-state index contributed by atoms with van der Waals surface area (Å²) in [5.74, 6) is 0.0245. The minimum absolute atomic E-state index is 0.0245. The van der Waals surface area contributed by atoms with Gasteiger partial charge < -0.3 is 9.64 Å². The number of nitrogens with zero attached hydrogens (tertiary/aromatic N) is 1. The minimum Gasteiger partial charge on any atom is -0.380 e. The number of benzene rings is 2. The van der Waals surface area contributed by atoms with Crippen molar-refractivity contribution in [2.45, 2.75) is 27.4 Å². The van der Waals surface area contributed by atoms with Crippen LogP contribution in [0.3, 0.4) is 0 Å². The fourth-order valence-corrected chi connectivity index (χ4v) is 2.62. The Morgan fingerprint density at radius 2 is 1.64 bits per heavy atom. The lowest BCUT2D eigenvalue weighted by atomic mass is 10.1. The molecule has 0 fully saturated rings. The fourth-order valence-electron chi connectivity index (χ4n) is 2.62. The normalized spacial score (nSPS) is 10.5. The first-order valence-electron chi connectivity index (χ1n) is 7.53. The van der Waals surface area contributed by atoms with Crippen LogP contribution in [0.4, 0.5) is 5.69 Å². The lowest BCUT2D eigenvalue weighted by Gasteiger charge is -2.22. The van der Waals surface area contributed by atoms with Crippen LogP contribution in [0.15, 0.2) is 42.5 Å². The summed E-state index contributed by atoms with van der Waals surface area (Å²) in [5.41, 5.74) is 5.04. The number of carbonyl (C=O) groups excluding carboxylic acids is 1. The molecule has 0 aliphatic heterocycles. The maximum Gasteiger partial charge on any atom is 0.258 e. The van der Waals surface area contributed by atoms with Gasteiger partial charge in [0, 0.05) is 24.9 Å². The number of anilines is 1. The first-order chi connectivity index (χ1) is 10.5. The Kier molecular flexibility index (Phi) is 5.34. The SMILES string of the molecule is CCN(C(=O)c1ccc(COC)cc1)c1cc(C)cc(C)c1.